The Morgan fingerprint density at radius 1 is 1.43 bits per heavy atom. The van der Waals surface area contributed by atoms with Crippen molar-refractivity contribution >= 4 is 39.2 Å². The second-order valence-corrected chi connectivity index (χ2v) is 6.79. The maximum absolute atomic E-state index is 11.8. The molecule has 2 rings (SSSR count). The number of ether oxygens (including phenoxy) is 1. The van der Waals surface area contributed by atoms with Gasteiger partial charge in [-0.3, -0.25) is 4.79 Å². The Bertz CT molecular complexity index is 628. The molecular formula is C14H19N3O2S2. The molecule has 0 aromatic carbocycles. The number of fused-ring (bicyclic) bond motifs is 1. The van der Waals surface area contributed by atoms with Crippen LogP contribution in [0.3, 0.4) is 0 Å². The van der Waals surface area contributed by atoms with Gasteiger partial charge in [-0.25, -0.2) is 9.97 Å². The van der Waals surface area contributed by atoms with Crippen molar-refractivity contribution in [2.24, 2.45) is 0 Å². The van der Waals surface area contributed by atoms with Crippen LogP contribution in [0.25, 0.3) is 10.2 Å². The number of hydrogen-bond acceptors (Lipinski definition) is 6. The predicted octanol–water partition coefficient (Wildman–Crippen LogP) is 2.55. The molecule has 21 heavy (non-hydrogen) atoms. The summed E-state index contributed by atoms with van der Waals surface area (Å²) in [6.07, 6.45) is 2.39. The molecule has 0 spiro atoms. The molecule has 0 saturated carbocycles. The van der Waals surface area contributed by atoms with Gasteiger partial charge in [0.15, 0.2) is 0 Å². The molecule has 0 radical (unpaired) electrons. The number of carbonyl (C=O) groups excluding carboxylic acids is 1. The van der Waals surface area contributed by atoms with Crippen LogP contribution in [0.5, 0.6) is 0 Å². The highest BCUT2D eigenvalue weighted by atomic mass is 32.2. The fraction of sp³-hybridized carbons (Fsp3) is 0.500. The minimum Gasteiger partial charge on any atom is -0.385 e. The second-order valence-electron chi connectivity index (χ2n) is 4.63. The lowest BCUT2D eigenvalue weighted by Gasteiger charge is -2.05. The molecule has 0 saturated heterocycles. The summed E-state index contributed by atoms with van der Waals surface area (Å²) in [5.41, 5.74) is 1.21. The van der Waals surface area contributed by atoms with Crippen LogP contribution in [0, 0.1) is 13.8 Å². The molecule has 0 aliphatic heterocycles. The van der Waals surface area contributed by atoms with Crippen LogP contribution < -0.4 is 5.32 Å². The summed E-state index contributed by atoms with van der Waals surface area (Å²) in [6, 6.07) is 0. The van der Waals surface area contributed by atoms with Gasteiger partial charge in [0, 0.05) is 30.5 Å². The largest absolute Gasteiger partial charge is 0.385 e. The number of hydrogen-bond donors (Lipinski definition) is 1. The Morgan fingerprint density at radius 3 is 3.00 bits per heavy atom. The fourth-order valence-electron chi connectivity index (χ4n) is 1.89. The van der Waals surface area contributed by atoms with Gasteiger partial charge in [0.25, 0.3) is 0 Å². The Morgan fingerprint density at radius 2 is 2.24 bits per heavy atom. The van der Waals surface area contributed by atoms with E-state index in [0.717, 1.165) is 21.7 Å². The van der Waals surface area contributed by atoms with E-state index in [1.54, 1.807) is 24.8 Å². The van der Waals surface area contributed by atoms with E-state index < -0.39 is 0 Å². The topological polar surface area (TPSA) is 64.1 Å². The van der Waals surface area contributed by atoms with E-state index in [-0.39, 0.29) is 5.91 Å². The van der Waals surface area contributed by atoms with Crippen LogP contribution in [0.15, 0.2) is 11.4 Å². The van der Waals surface area contributed by atoms with E-state index in [2.05, 4.69) is 29.1 Å². The Balaban J connectivity index is 1.96. The number of aromatic nitrogens is 2. The highest BCUT2D eigenvalue weighted by Crippen LogP contribution is 2.34. The average Bonchev–Trinajstić information content (AvgIpc) is 2.77. The third-order valence-electron chi connectivity index (χ3n) is 3.12. The Hall–Kier alpha value is -1.18. The summed E-state index contributed by atoms with van der Waals surface area (Å²) < 4.78 is 4.94. The van der Waals surface area contributed by atoms with Crippen molar-refractivity contribution in [3.05, 3.63) is 16.8 Å². The van der Waals surface area contributed by atoms with Gasteiger partial charge < -0.3 is 10.1 Å². The zero-order chi connectivity index (χ0) is 15.2. The first-order valence-electron chi connectivity index (χ1n) is 6.72. The number of amides is 1. The summed E-state index contributed by atoms with van der Waals surface area (Å²) in [7, 11) is 1.66. The van der Waals surface area contributed by atoms with Crippen molar-refractivity contribution in [3.63, 3.8) is 0 Å². The normalized spacial score (nSPS) is 11.0. The lowest BCUT2D eigenvalue weighted by atomic mass is 10.2. The van der Waals surface area contributed by atoms with Gasteiger partial charge in [0.05, 0.1) is 5.75 Å². The number of rotatable bonds is 7. The molecule has 2 aromatic heterocycles. The number of aryl methyl sites for hydroxylation is 2. The number of methoxy groups -OCH3 is 1. The summed E-state index contributed by atoms with van der Waals surface area (Å²) in [5, 5.41) is 4.84. The quantitative estimate of drug-likeness (QED) is 0.481. The molecule has 1 amide bonds. The molecule has 0 aliphatic carbocycles. The fourth-order valence-corrected chi connectivity index (χ4v) is 3.84. The molecule has 114 valence electrons. The number of carbonyl (C=O) groups is 1. The summed E-state index contributed by atoms with van der Waals surface area (Å²) >= 11 is 3.13. The summed E-state index contributed by atoms with van der Waals surface area (Å²) in [6.45, 7) is 5.46. The second kappa shape index (κ2) is 7.72. The molecule has 0 unspecified atom stereocenters. The Kier molecular flexibility index (Phi) is 5.96. The van der Waals surface area contributed by atoms with E-state index in [0.29, 0.717) is 18.9 Å². The molecule has 5 nitrogen and oxygen atoms in total. The van der Waals surface area contributed by atoms with Crippen molar-refractivity contribution < 1.29 is 9.53 Å². The standard InChI is InChI=1S/C14H19N3O2S2/c1-9-10(2)21-14-12(9)13(16-8-17-14)20-7-11(18)15-5-4-6-19-3/h8H,4-7H2,1-3H3,(H,15,18). The first-order chi connectivity index (χ1) is 10.1. The molecular weight excluding hydrogens is 306 g/mol. The maximum Gasteiger partial charge on any atom is 0.230 e. The minimum atomic E-state index is 0.0208. The number of nitrogens with one attached hydrogen (secondary N) is 1. The predicted molar refractivity (Wildman–Crippen MR) is 87.1 cm³/mol. The SMILES string of the molecule is COCCCNC(=O)CSc1ncnc2sc(C)c(C)c12. The van der Waals surface area contributed by atoms with E-state index in [9.17, 15) is 4.79 Å². The molecule has 0 bridgehead atoms. The summed E-state index contributed by atoms with van der Waals surface area (Å²) in [4.78, 5) is 22.6. The molecule has 0 atom stereocenters. The van der Waals surface area contributed by atoms with Crippen LogP contribution in [-0.4, -0.2) is 41.9 Å². The van der Waals surface area contributed by atoms with Gasteiger partial charge in [-0.1, -0.05) is 11.8 Å². The molecule has 0 aliphatic rings. The van der Waals surface area contributed by atoms with Crippen LogP contribution in [0.4, 0.5) is 0 Å². The molecule has 2 aromatic rings. The van der Waals surface area contributed by atoms with Crippen LogP contribution in [0.1, 0.15) is 16.9 Å². The highest BCUT2D eigenvalue weighted by molar-refractivity contribution is 8.00. The zero-order valence-electron chi connectivity index (χ0n) is 12.4. The van der Waals surface area contributed by atoms with Gasteiger partial charge >= 0.3 is 0 Å². The van der Waals surface area contributed by atoms with Gasteiger partial charge in [0.2, 0.25) is 5.91 Å². The van der Waals surface area contributed by atoms with Crippen molar-refractivity contribution in [2.45, 2.75) is 25.3 Å². The Labute approximate surface area is 132 Å². The van der Waals surface area contributed by atoms with E-state index in [1.807, 2.05) is 0 Å². The lowest BCUT2D eigenvalue weighted by molar-refractivity contribution is -0.118. The van der Waals surface area contributed by atoms with Crippen LogP contribution >= 0.6 is 23.1 Å². The third kappa shape index (κ3) is 4.15. The van der Waals surface area contributed by atoms with Crippen molar-refractivity contribution in [1.29, 1.82) is 0 Å². The smallest absolute Gasteiger partial charge is 0.230 e. The van der Waals surface area contributed by atoms with Crippen LogP contribution in [0.2, 0.25) is 0 Å². The molecule has 0 fully saturated rings. The van der Waals surface area contributed by atoms with Gasteiger partial charge in [-0.2, -0.15) is 0 Å². The minimum absolute atomic E-state index is 0.0208. The van der Waals surface area contributed by atoms with Crippen LogP contribution in [-0.2, 0) is 9.53 Å². The molecule has 1 N–H and O–H groups in total. The number of thiophene rings is 1. The lowest BCUT2D eigenvalue weighted by Crippen LogP contribution is -2.26. The van der Waals surface area contributed by atoms with Gasteiger partial charge in [-0.05, 0) is 25.8 Å². The van der Waals surface area contributed by atoms with Gasteiger partial charge in [-0.15, -0.1) is 11.3 Å². The molecule has 7 heteroatoms. The first-order valence-corrected chi connectivity index (χ1v) is 8.52. The number of thioether (sulfide) groups is 1. The van der Waals surface area contributed by atoms with E-state index in [4.69, 9.17) is 4.74 Å². The van der Waals surface area contributed by atoms with Crippen molar-refractivity contribution in [1.82, 2.24) is 15.3 Å². The number of nitrogens with zero attached hydrogens (tertiary/aromatic N) is 2. The van der Waals surface area contributed by atoms with Crippen molar-refractivity contribution in [3.8, 4) is 0 Å². The monoisotopic (exact) mass is 325 g/mol. The zero-order valence-corrected chi connectivity index (χ0v) is 14.1. The van der Waals surface area contributed by atoms with E-state index in [1.165, 1.54) is 22.2 Å². The highest BCUT2D eigenvalue weighted by Gasteiger charge is 2.13. The van der Waals surface area contributed by atoms with Gasteiger partial charge in [0.1, 0.15) is 16.2 Å². The van der Waals surface area contributed by atoms with E-state index >= 15 is 0 Å². The average molecular weight is 325 g/mol. The molecule has 2 heterocycles. The first kappa shape index (κ1) is 16.2. The maximum atomic E-state index is 11.8. The third-order valence-corrected chi connectivity index (χ3v) is 5.22. The summed E-state index contributed by atoms with van der Waals surface area (Å²) in [5.74, 6) is 0.389. The van der Waals surface area contributed by atoms with Crippen molar-refractivity contribution in [2.75, 3.05) is 26.0 Å².